The summed E-state index contributed by atoms with van der Waals surface area (Å²) in [5.41, 5.74) is 6.20. The minimum absolute atomic E-state index is 0.101. The molecule has 0 aromatic heterocycles. The summed E-state index contributed by atoms with van der Waals surface area (Å²) in [6.45, 7) is 3.12. The van der Waals surface area contributed by atoms with E-state index in [0.717, 1.165) is 37.2 Å². The molecule has 1 saturated carbocycles. The number of fused-ring (bicyclic) bond motifs is 2. The summed E-state index contributed by atoms with van der Waals surface area (Å²) in [6.07, 6.45) is 9.79. The standard InChI is InChI=1S/C17H20N2O/c1-19-6-4-11(5-7-19)10-18-17(20)14-3-2-13-15-8-12(15)9-16(13)14/h2-3,9,11H,4-8,10H2,1H3,(H,18,20). The van der Waals surface area contributed by atoms with Crippen LogP contribution in [0.4, 0.5) is 0 Å². The molecule has 4 rings (SSSR count). The molecule has 20 heavy (non-hydrogen) atoms. The van der Waals surface area contributed by atoms with Gasteiger partial charge in [-0.3, -0.25) is 4.79 Å². The lowest BCUT2D eigenvalue weighted by Crippen LogP contribution is -2.37. The van der Waals surface area contributed by atoms with Crippen LogP contribution in [0.15, 0.2) is 46.1 Å². The van der Waals surface area contributed by atoms with Crippen LogP contribution in [0.3, 0.4) is 0 Å². The molecule has 0 aromatic carbocycles. The molecule has 0 bridgehead atoms. The first-order valence-electron chi connectivity index (χ1n) is 7.56. The van der Waals surface area contributed by atoms with Crippen LogP contribution < -0.4 is 5.32 Å². The third-order valence-corrected chi connectivity index (χ3v) is 4.90. The normalized spacial score (nSPS) is 24.9. The van der Waals surface area contributed by atoms with Gasteiger partial charge in [-0.25, -0.2) is 0 Å². The number of hydrogen-bond acceptors (Lipinski definition) is 2. The number of likely N-dealkylation sites (tertiary alicyclic amines) is 1. The molecule has 1 aliphatic heterocycles. The summed E-state index contributed by atoms with van der Waals surface area (Å²) in [4.78, 5) is 14.7. The van der Waals surface area contributed by atoms with Crippen LogP contribution in [0, 0.1) is 5.92 Å². The fourth-order valence-electron chi connectivity index (χ4n) is 3.43. The molecule has 1 saturated heterocycles. The van der Waals surface area contributed by atoms with Crippen molar-refractivity contribution in [3.63, 3.8) is 0 Å². The molecular formula is C17H20N2O. The van der Waals surface area contributed by atoms with Gasteiger partial charge in [-0.15, -0.1) is 0 Å². The van der Waals surface area contributed by atoms with E-state index in [1.807, 2.05) is 6.08 Å². The Balaban J connectivity index is 1.38. The molecule has 3 aliphatic carbocycles. The van der Waals surface area contributed by atoms with Crippen LogP contribution in [0.25, 0.3) is 0 Å². The minimum Gasteiger partial charge on any atom is -0.352 e. The summed E-state index contributed by atoms with van der Waals surface area (Å²) in [6, 6.07) is 0. The Morgan fingerprint density at radius 1 is 1.30 bits per heavy atom. The van der Waals surface area contributed by atoms with Gasteiger partial charge in [0.05, 0.1) is 0 Å². The van der Waals surface area contributed by atoms with E-state index in [-0.39, 0.29) is 5.91 Å². The molecule has 0 aromatic rings. The smallest absolute Gasteiger partial charge is 0.251 e. The van der Waals surface area contributed by atoms with Crippen LogP contribution in [0.1, 0.15) is 19.3 Å². The van der Waals surface area contributed by atoms with Crippen LogP contribution in [0.2, 0.25) is 0 Å². The number of piperidine rings is 1. The van der Waals surface area contributed by atoms with Gasteiger partial charge in [0.1, 0.15) is 0 Å². The van der Waals surface area contributed by atoms with Crippen molar-refractivity contribution in [3.05, 3.63) is 46.1 Å². The molecule has 0 atom stereocenters. The van der Waals surface area contributed by atoms with E-state index in [0.29, 0.717) is 5.92 Å². The van der Waals surface area contributed by atoms with Crippen LogP contribution in [-0.2, 0) is 4.79 Å². The third-order valence-electron chi connectivity index (χ3n) is 4.90. The van der Waals surface area contributed by atoms with Gasteiger partial charge in [-0.05, 0) is 79.8 Å². The average molecular weight is 268 g/mol. The first-order valence-corrected chi connectivity index (χ1v) is 7.56. The molecule has 104 valence electrons. The lowest BCUT2D eigenvalue weighted by Gasteiger charge is -2.28. The number of carbonyl (C=O) groups is 1. The predicted molar refractivity (Wildman–Crippen MR) is 79.1 cm³/mol. The zero-order valence-corrected chi connectivity index (χ0v) is 11.9. The quantitative estimate of drug-likeness (QED) is 0.848. The van der Waals surface area contributed by atoms with Crippen LogP contribution >= 0.6 is 0 Å². The molecule has 0 unspecified atom stereocenters. The van der Waals surface area contributed by atoms with Crippen molar-refractivity contribution in [2.24, 2.45) is 5.92 Å². The molecular weight excluding hydrogens is 248 g/mol. The second-order valence-corrected chi connectivity index (χ2v) is 6.36. The Hall–Kier alpha value is -1.61. The molecule has 3 heteroatoms. The van der Waals surface area contributed by atoms with Gasteiger partial charge >= 0.3 is 0 Å². The van der Waals surface area contributed by atoms with E-state index in [1.54, 1.807) is 0 Å². The van der Waals surface area contributed by atoms with Crippen molar-refractivity contribution >= 4 is 5.91 Å². The summed E-state index contributed by atoms with van der Waals surface area (Å²) < 4.78 is 0. The lowest BCUT2D eigenvalue weighted by atomic mass is 9.97. The monoisotopic (exact) mass is 268 g/mol. The summed E-state index contributed by atoms with van der Waals surface area (Å²) in [7, 11) is 2.17. The van der Waals surface area contributed by atoms with Gasteiger partial charge in [0.15, 0.2) is 0 Å². The molecule has 1 amide bonds. The van der Waals surface area contributed by atoms with Crippen molar-refractivity contribution in [1.29, 1.82) is 0 Å². The van der Waals surface area contributed by atoms with E-state index < -0.39 is 0 Å². The molecule has 0 radical (unpaired) electrons. The lowest BCUT2D eigenvalue weighted by molar-refractivity contribution is -0.117. The first kappa shape index (κ1) is 12.2. The fourth-order valence-corrected chi connectivity index (χ4v) is 3.43. The van der Waals surface area contributed by atoms with E-state index in [9.17, 15) is 4.79 Å². The van der Waals surface area contributed by atoms with Crippen LogP contribution in [0.5, 0.6) is 0 Å². The van der Waals surface area contributed by atoms with Gasteiger partial charge in [-0.2, -0.15) is 0 Å². The van der Waals surface area contributed by atoms with Crippen molar-refractivity contribution < 1.29 is 4.79 Å². The Kier molecular flexibility index (Phi) is 2.71. The first-order chi connectivity index (χ1) is 9.72. The highest BCUT2D eigenvalue weighted by atomic mass is 16.1. The van der Waals surface area contributed by atoms with E-state index in [4.69, 9.17) is 0 Å². The topological polar surface area (TPSA) is 32.3 Å². The highest BCUT2D eigenvalue weighted by molar-refractivity contribution is 6.01. The third kappa shape index (κ3) is 1.97. The zero-order valence-electron chi connectivity index (χ0n) is 11.9. The number of amides is 1. The maximum atomic E-state index is 12.3. The number of rotatable bonds is 3. The minimum atomic E-state index is 0.101. The Morgan fingerprint density at radius 2 is 2.10 bits per heavy atom. The number of allylic oxidation sites excluding steroid dienone is 6. The number of hydrogen-bond donors (Lipinski definition) is 1. The molecule has 1 heterocycles. The van der Waals surface area contributed by atoms with Crippen molar-refractivity contribution in [1.82, 2.24) is 10.2 Å². The van der Waals surface area contributed by atoms with Gasteiger partial charge in [0.25, 0.3) is 5.91 Å². The SMILES string of the molecule is CN1CCC(CNC(=O)C2=C3C=C4CC4=C3C=C2)CC1. The second kappa shape index (κ2) is 4.45. The molecule has 3 nitrogen and oxygen atoms in total. The van der Waals surface area contributed by atoms with Gasteiger partial charge in [0.2, 0.25) is 0 Å². The Bertz CT molecular complexity index is 598. The van der Waals surface area contributed by atoms with Gasteiger partial charge in [-0.1, -0.05) is 6.08 Å². The van der Waals surface area contributed by atoms with Gasteiger partial charge < -0.3 is 10.2 Å². The van der Waals surface area contributed by atoms with Crippen molar-refractivity contribution in [3.8, 4) is 0 Å². The van der Waals surface area contributed by atoms with Crippen LogP contribution in [-0.4, -0.2) is 37.5 Å². The number of carbonyl (C=O) groups excluding carboxylic acids is 1. The maximum Gasteiger partial charge on any atom is 0.251 e. The molecule has 1 N–H and O–H groups in total. The zero-order chi connectivity index (χ0) is 13.7. The van der Waals surface area contributed by atoms with E-state index in [2.05, 4.69) is 29.4 Å². The molecule has 2 fully saturated rings. The maximum absolute atomic E-state index is 12.3. The highest BCUT2D eigenvalue weighted by Crippen LogP contribution is 2.51. The van der Waals surface area contributed by atoms with Crippen molar-refractivity contribution in [2.75, 3.05) is 26.7 Å². The molecule has 0 spiro atoms. The largest absolute Gasteiger partial charge is 0.352 e. The molecule has 4 aliphatic rings. The second-order valence-electron chi connectivity index (χ2n) is 6.36. The number of nitrogens with zero attached hydrogens (tertiary/aromatic N) is 1. The number of nitrogens with one attached hydrogen (secondary N) is 1. The predicted octanol–water partition coefficient (Wildman–Crippen LogP) is 1.95. The Morgan fingerprint density at radius 3 is 2.90 bits per heavy atom. The van der Waals surface area contributed by atoms with E-state index >= 15 is 0 Å². The van der Waals surface area contributed by atoms with Crippen molar-refractivity contribution in [2.45, 2.75) is 19.3 Å². The van der Waals surface area contributed by atoms with Gasteiger partial charge in [0, 0.05) is 12.1 Å². The summed E-state index contributed by atoms with van der Waals surface area (Å²) in [5.74, 6) is 0.739. The summed E-state index contributed by atoms with van der Waals surface area (Å²) in [5, 5.41) is 3.13. The summed E-state index contributed by atoms with van der Waals surface area (Å²) >= 11 is 0. The Labute approximate surface area is 119 Å². The average Bonchev–Trinajstić information content (AvgIpc) is 2.93. The fraction of sp³-hybridized carbons (Fsp3) is 0.471. The van der Waals surface area contributed by atoms with E-state index in [1.165, 1.54) is 29.6 Å². The highest BCUT2D eigenvalue weighted by Gasteiger charge is 2.35.